The van der Waals surface area contributed by atoms with Gasteiger partial charge in [0.2, 0.25) is 5.91 Å². The first-order chi connectivity index (χ1) is 12.1. The fourth-order valence-corrected chi connectivity index (χ4v) is 2.38. The van der Waals surface area contributed by atoms with E-state index in [-0.39, 0.29) is 24.6 Å². The van der Waals surface area contributed by atoms with Gasteiger partial charge in [0.15, 0.2) is 0 Å². The summed E-state index contributed by atoms with van der Waals surface area (Å²) in [5.41, 5.74) is -2.07. The minimum atomic E-state index is -4.71. The molecule has 0 saturated heterocycles. The number of anilines is 1. The van der Waals surface area contributed by atoms with Crippen molar-refractivity contribution in [3.8, 4) is 0 Å². The molecule has 1 atom stereocenters. The normalized spacial score (nSPS) is 15.2. The largest absolute Gasteiger partial charge is 0.480 e. The third-order valence-corrected chi connectivity index (χ3v) is 3.87. The number of nitrogens with one attached hydrogen (secondary N) is 2. The molecule has 1 aromatic rings. The van der Waals surface area contributed by atoms with Crippen LogP contribution in [0.25, 0.3) is 0 Å². The van der Waals surface area contributed by atoms with E-state index in [1.165, 1.54) is 0 Å². The number of nitro benzene ring substituents is 1. The van der Waals surface area contributed by atoms with Gasteiger partial charge in [-0.2, -0.15) is 13.2 Å². The van der Waals surface area contributed by atoms with E-state index in [0.717, 1.165) is 6.07 Å². The minimum absolute atomic E-state index is 0.0968. The molecule has 11 heteroatoms. The third-order valence-electron chi connectivity index (χ3n) is 3.87. The monoisotopic (exact) mass is 375 g/mol. The van der Waals surface area contributed by atoms with Crippen LogP contribution in [0.5, 0.6) is 0 Å². The Kier molecular flexibility index (Phi) is 5.68. The number of halogens is 3. The van der Waals surface area contributed by atoms with Crippen LogP contribution in [0.1, 0.15) is 24.8 Å². The predicted octanol–water partition coefficient (Wildman–Crippen LogP) is 2.40. The summed E-state index contributed by atoms with van der Waals surface area (Å²) in [6.45, 7) is -0.102. The lowest BCUT2D eigenvalue weighted by atomic mass is 10.1. The summed E-state index contributed by atoms with van der Waals surface area (Å²) >= 11 is 0. The molecule has 1 fully saturated rings. The molecule has 142 valence electrons. The zero-order chi connectivity index (χ0) is 19.5. The molecule has 3 N–H and O–H groups in total. The second-order valence-electron chi connectivity index (χ2n) is 5.88. The van der Waals surface area contributed by atoms with Crippen molar-refractivity contribution in [3.63, 3.8) is 0 Å². The molecule has 1 unspecified atom stereocenters. The highest BCUT2D eigenvalue weighted by Crippen LogP contribution is 2.35. The van der Waals surface area contributed by atoms with Gasteiger partial charge in [0.1, 0.15) is 11.7 Å². The van der Waals surface area contributed by atoms with Crippen LogP contribution in [0, 0.1) is 16.0 Å². The molecule has 0 radical (unpaired) electrons. The van der Waals surface area contributed by atoms with E-state index in [9.17, 15) is 32.9 Å². The summed E-state index contributed by atoms with van der Waals surface area (Å²) in [7, 11) is 0. The van der Waals surface area contributed by atoms with Crippen LogP contribution in [-0.2, 0) is 15.8 Å². The lowest BCUT2D eigenvalue weighted by Crippen LogP contribution is -2.42. The number of nitrogens with zero attached hydrogens (tertiary/aromatic N) is 1. The van der Waals surface area contributed by atoms with Crippen molar-refractivity contribution in [1.29, 1.82) is 0 Å². The molecule has 1 amide bonds. The first-order valence-corrected chi connectivity index (χ1v) is 7.71. The van der Waals surface area contributed by atoms with Gasteiger partial charge >= 0.3 is 12.1 Å². The number of hydrogen-bond donors (Lipinski definition) is 3. The SMILES string of the molecule is O=C(CCNc1ccc(C(F)(F)F)cc1[N+](=O)[O-])NC(C(=O)O)C1CC1. The molecule has 0 bridgehead atoms. The average Bonchev–Trinajstić information content (AvgIpc) is 3.36. The molecule has 0 spiro atoms. The fraction of sp³-hybridized carbons (Fsp3) is 0.467. The van der Waals surface area contributed by atoms with Crippen LogP contribution in [0.2, 0.25) is 0 Å². The van der Waals surface area contributed by atoms with Crippen molar-refractivity contribution >= 4 is 23.3 Å². The van der Waals surface area contributed by atoms with E-state index < -0.39 is 40.3 Å². The molecule has 2 rings (SSSR count). The highest BCUT2D eigenvalue weighted by molar-refractivity contribution is 5.84. The molecule has 1 aliphatic carbocycles. The number of carboxylic acids is 1. The third kappa shape index (κ3) is 5.07. The summed E-state index contributed by atoms with van der Waals surface area (Å²) < 4.78 is 37.9. The van der Waals surface area contributed by atoms with Crippen LogP contribution in [0.3, 0.4) is 0 Å². The van der Waals surface area contributed by atoms with E-state index in [4.69, 9.17) is 5.11 Å². The summed E-state index contributed by atoms with van der Waals surface area (Å²) in [6, 6.07) is 1.06. The van der Waals surface area contributed by atoms with Crippen LogP contribution < -0.4 is 10.6 Å². The molecular weight excluding hydrogens is 359 g/mol. The van der Waals surface area contributed by atoms with Gasteiger partial charge in [-0.15, -0.1) is 0 Å². The lowest BCUT2D eigenvalue weighted by molar-refractivity contribution is -0.384. The number of carboxylic acid groups (broad SMARTS) is 1. The standard InChI is InChI=1S/C15H16F3N3O5/c16-15(17,18)9-3-4-10(11(7-9)21(25)26)19-6-5-12(22)20-13(14(23)24)8-1-2-8/h3-4,7-8,13,19H,1-2,5-6H2,(H,20,22)(H,23,24). The predicted molar refractivity (Wildman–Crippen MR) is 83.5 cm³/mol. The molecule has 1 saturated carbocycles. The number of carbonyl (C=O) groups is 2. The maximum absolute atomic E-state index is 12.6. The minimum Gasteiger partial charge on any atom is -0.480 e. The van der Waals surface area contributed by atoms with E-state index >= 15 is 0 Å². The lowest BCUT2D eigenvalue weighted by Gasteiger charge is -2.14. The van der Waals surface area contributed by atoms with Crippen molar-refractivity contribution < 1.29 is 32.8 Å². The van der Waals surface area contributed by atoms with Gasteiger partial charge in [0.25, 0.3) is 5.69 Å². The molecule has 26 heavy (non-hydrogen) atoms. The molecule has 0 aromatic heterocycles. The van der Waals surface area contributed by atoms with Gasteiger partial charge in [-0.05, 0) is 30.9 Å². The summed E-state index contributed by atoms with van der Waals surface area (Å²) in [6.07, 6.45) is -3.47. The number of nitro groups is 1. The molecular formula is C15H16F3N3O5. The molecule has 1 aromatic carbocycles. The van der Waals surface area contributed by atoms with Crippen LogP contribution in [-0.4, -0.2) is 34.5 Å². The molecule has 1 aliphatic rings. The van der Waals surface area contributed by atoms with E-state index in [1.54, 1.807) is 0 Å². The summed E-state index contributed by atoms with van der Waals surface area (Å²) in [5.74, 6) is -1.79. The van der Waals surface area contributed by atoms with Crippen LogP contribution in [0.4, 0.5) is 24.5 Å². The smallest absolute Gasteiger partial charge is 0.416 e. The second-order valence-corrected chi connectivity index (χ2v) is 5.88. The molecule has 0 aliphatic heterocycles. The summed E-state index contributed by atoms with van der Waals surface area (Å²) in [4.78, 5) is 32.8. The quantitative estimate of drug-likeness (QED) is 0.474. The highest BCUT2D eigenvalue weighted by Gasteiger charge is 2.37. The Balaban J connectivity index is 1.95. The van der Waals surface area contributed by atoms with Gasteiger partial charge in [-0.25, -0.2) is 4.79 Å². The van der Waals surface area contributed by atoms with Crippen molar-refractivity contribution in [2.75, 3.05) is 11.9 Å². The highest BCUT2D eigenvalue weighted by atomic mass is 19.4. The Morgan fingerprint density at radius 1 is 1.35 bits per heavy atom. The van der Waals surface area contributed by atoms with E-state index in [1.807, 2.05) is 0 Å². The Labute approximate surface area is 145 Å². The maximum atomic E-state index is 12.6. The van der Waals surface area contributed by atoms with E-state index in [2.05, 4.69) is 10.6 Å². The van der Waals surface area contributed by atoms with Crippen molar-refractivity contribution in [2.24, 2.45) is 5.92 Å². The fourth-order valence-electron chi connectivity index (χ4n) is 2.38. The zero-order valence-corrected chi connectivity index (χ0v) is 13.4. The number of hydrogen-bond acceptors (Lipinski definition) is 5. The number of rotatable bonds is 8. The van der Waals surface area contributed by atoms with Crippen molar-refractivity contribution in [2.45, 2.75) is 31.5 Å². The Morgan fingerprint density at radius 3 is 2.50 bits per heavy atom. The second kappa shape index (κ2) is 7.58. The number of benzene rings is 1. The topological polar surface area (TPSA) is 122 Å². The molecule has 8 nitrogen and oxygen atoms in total. The van der Waals surface area contributed by atoms with Crippen LogP contribution >= 0.6 is 0 Å². The number of amides is 1. The zero-order valence-electron chi connectivity index (χ0n) is 13.4. The maximum Gasteiger partial charge on any atom is 0.416 e. The Morgan fingerprint density at radius 2 is 2.00 bits per heavy atom. The first kappa shape index (κ1) is 19.5. The number of aliphatic carboxylic acids is 1. The van der Waals surface area contributed by atoms with E-state index in [0.29, 0.717) is 25.0 Å². The van der Waals surface area contributed by atoms with Gasteiger partial charge in [-0.3, -0.25) is 14.9 Å². The Bertz CT molecular complexity index is 719. The first-order valence-electron chi connectivity index (χ1n) is 7.71. The summed E-state index contributed by atoms with van der Waals surface area (Å²) in [5, 5.41) is 24.9. The van der Waals surface area contributed by atoms with Crippen LogP contribution in [0.15, 0.2) is 18.2 Å². The number of carbonyl (C=O) groups excluding carboxylic acids is 1. The number of alkyl halides is 3. The van der Waals surface area contributed by atoms with Gasteiger partial charge < -0.3 is 15.7 Å². The average molecular weight is 375 g/mol. The van der Waals surface area contributed by atoms with Gasteiger partial charge in [0.05, 0.1) is 10.5 Å². The van der Waals surface area contributed by atoms with Gasteiger partial charge in [-0.1, -0.05) is 0 Å². The molecule has 0 heterocycles. The Hall–Kier alpha value is -2.85. The van der Waals surface area contributed by atoms with Crippen molar-refractivity contribution in [3.05, 3.63) is 33.9 Å². The van der Waals surface area contributed by atoms with Gasteiger partial charge in [0, 0.05) is 19.0 Å². The van der Waals surface area contributed by atoms with Crippen molar-refractivity contribution in [1.82, 2.24) is 5.32 Å².